The summed E-state index contributed by atoms with van der Waals surface area (Å²) < 4.78 is 45.2. The lowest BCUT2D eigenvalue weighted by atomic mass is 9.58. The Balaban J connectivity index is 1.59. The van der Waals surface area contributed by atoms with Crippen LogP contribution in [0.2, 0.25) is 0 Å². The maximum Gasteiger partial charge on any atom is 0.237 e. The predicted octanol–water partition coefficient (Wildman–Crippen LogP) is 3.64. The van der Waals surface area contributed by atoms with Crippen LogP contribution >= 0.6 is 0 Å². The maximum atomic E-state index is 15.5. The van der Waals surface area contributed by atoms with Crippen molar-refractivity contribution in [2.75, 3.05) is 25.1 Å². The number of pyridine rings is 2. The fraction of sp³-hybridized carbons (Fsp3) is 0.464. The fourth-order valence-electron chi connectivity index (χ4n) is 5.90. The summed E-state index contributed by atoms with van der Waals surface area (Å²) in [6.07, 6.45) is 5.61. The minimum atomic E-state index is -3.91. The number of hydrogen-bond acceptors (Lipinski definition) is 7. The maximum absolute atomic E-state index is 15.5. The van der Waals surface area contributed by atoms with Gasteiger partial charge in [-0.05, 0) is 30.9 Å². The van der Waals surface area contributed by atoms with E-state index in [1.54, 1.807) is 30.3 Å². The van der Waals surface area contributed by atoms with E-state index in [9.17, 15) is 13.2 Å². The van der Waals surface area contributed by atoms with Gasteiger partial charge in [0, 0.05) is 59.5 Å². The van der Waals surface area contributed by atoms with Crippen molar-refractivity contribution in [3.05, 3.63) is 47.5 Å². The molecule has 5 rings (SSSR count). The molecule has 0 atom stereocenters. The standard InChI is InChI=1S/C28H34FN5O4S/c1-5-17-11-28(12-17)25-21-9-20(22(29)10-23(21)32-14-24(25)34(4)27(28)35)18-8-19(15-39(30,36)37)26(33-13-18)38-7-6-31-16(2)3/h8-10,13-14,16-17,31H,5-7,11-12,15H2,1-4H3,(H2,30,36,37). The molecule has 0 radical (unpaired) electrons. The molecule has 3 N–H and O–H groups in total. The van der Waals surface area contributed by atoms with E-state index in [2.05, 4.69) is 22.2 Å². The van der Waals surface area contributed by atoms with Crippen LogP contribution in [0.4, 0.5) is 10.1 Å². The van der Waals surface area contributed by atoms with Gasteiger partial charge in [0.2, 0.25) is 21.8 Å². The number of nitrogens with two attached hydrogens (primary N) is 1. The van der Waals surface area contributed by atoms with Gasteiger partial charge in [-0.1, -0.05) is 27.2 Å². The van der Waals surface area contributed by atoms with Crippen LogP contribution in [0.5, 0.6) is 5.88 Å². The highest BCUT2D eigenvalue weighted by atomic mass is 32.2. The number of amides is 1. The largest absolute Gasteiger partial charge is 0.476 e. The third kappa shape index (κ3) is 4.99. The average molecular weight is 556 g/mol. The molecule has 1 aromatic carbocycles. The molecule has 11 heteroatoms. The summed E-state index contributed by atoms with van der Waals surface area (Å²) in [5, 5.41) is 9.27. The third-order valence-corrected chi connectivity index (χ3v) is 8.54. The second-order valence-corrected chi connectivity index (χ2v) is 12.6. The van der Waals surface area contributed by atoms with Crippen molar-refractivity contribution in [3.8, 4) is 17.0 Å². The van der Waals surface area contributed by atoms with Gasteiger partial charge in [0.1, 0.15) is 12.4 Å². The first-order valence-electron chi connectivity index (χ1n) is 13.2. The number of benzene rings is 1. The van der Waals surface area contributed by atoms with Crippen LogP contribution in [0.1, 0.15) is 51.2 Å². The molecule has 3 aromatic rings. The summed E-state index contributed by atoms with van der Waals surface area (Å²) in [4.78, 5) is 23.8. The van der Waals surface area contributed by atoms with Crippen molar-refractivity contribution in [2.24, 2.45) is 11.1 Å². The van der Waals surface area contributed by atoms with Crippen LogP contribution in [-0.4, -0.2) is 50.5 Å². The summed E-state index contributed by atoms with van der Waals surface area (Å²) >= 11 is 0. The zero-order valence-electron chi connectivity index (χ0n) is 22.6. The Kier molecular flexibility index (Phi) is 7.11. The lowest BCUT2D eigenvalue weighted by Crippen LogP contribution is -2.48. The first kappa shape index (κ1) is 27.4. The molecule has 208 valence electrons. The molecule has 0 unspecified atom stereocenters. The number of ether oxygens (including phenoxy) is 1. The van der Waals surface area contributed by atoms with E-state index >= 15 is 4.39 Å². The molecule has 1 saturated carbocycles. The number of nitrogens with one attached hydrogen (secondary N) is 1. The Labute approximate surface area is 228 Å². The summed E-state index contributed by atoms with van der Waals surface area (Å²) in [5.74, 6) is -0.390. The first-order valence-corrected chi connectivity index (χ1v) is 14.9. The van der Waals surface area contributed by atoms with Crippen LogP contribution in [0.25, 0.3) is 22.0 Å². The van der Waals surface area contributed by atoms with E-state index in [-0.39, 0.29) is 35.6 Å². The van der Waals surface area contributed by atoms with Crippen molar-refractivity contribution in [1.82, 2.24) is 15.3 Å². The molecule has 1 fully saturated rings. The van der Waals surface area contributed by atoms with Gasteiger partial charge in [-0.15, -0.1) is 0 Å². The lowest BCUT2D eigenvalue weighted by molar-refractivity contribution is -0.127. The number of carbonyl (C=O) groups excluding carboxylic acids is 1. The van der Waals surface area contributed by atoms with Gasteiger partial charge in [0.05, 0.1) is 28.6 Å². The fourth-order valence-corrected chi connectivity index (χ4v) is 6.54. The van der Waals surface area contributed by atoms with Crippen molar-refractivity contribution in [2.45, 2.75) is 57.2 Å². The highest BCUT2D eigenvalue weighted by Crippen LogP contribution is 2.58. The highest BCUT2D eigenvalue weighted by Gasteiger charge is 2.57. The number of nitrogens with zero attached hydrogens (tertiary/aromatic N) is 3. The number of hydrogen-bond donors (Lipinski definition) is 2. The van der Waals surface area contributed by atoms with Crippen molar-refractivity contribution < 1.29 is 22.3 Å². The minimum absolute atomic E-state index is 0.0490. The lowest BCUT2D eigenvalue weighted by Gasteiger charge is -2.44. The van der Waals surface area contributed by atoms with Crippen molar-refractivity contribution >= 4 is 32.5 Å². The number of anilines is 1. The monoisotopic (exact) mass is 555 g/mol. The zero-order chi connectivity index (χ0) is 28.1. The van der Waals surface area contributed by atoms with Gasteiger partial charge in [-0.2, -0.15) is 0 Å². The molecule has 1 spiro atoms. The Morgan fingerprint density at radius 3 is 2.64 bits per heavy atom. The molecule has 1 amide bonds. The molecule has 0 saturated heterocycles. The van der Waals surface area contributed by atoms with Crippen LogP contribution in [0.3, 0.4) is 0 Å². The number of rotatable bonds is 9. The van der Waals surface area contributed by atoms with E-state index in [1.165, 1.54) is 12.3 Å². The minimum Gasteiger partial charge on any atom is -0.476 e. The highest BCUT2D eigenvalue weighted by molar-refractivity contribution is 7.88. The van der Waals surface area contributed by atoms with E-state index in [0.717, 1.165) is 30.5 Å². The average Bonchev–Trinajstić information content (AvgIpc) is 3.07. The Morgan fingerprint density at radius 1 is 1.23 bits per heavy atom. The van der Waals surface area contributed by atoms with E-state index in [0.29, 0.717) is 28.9 Å². The predicted molar refractivity (Wildman–Crippen MR) is 148 cm³/mol. The Hall–Kier alpha value is -3.15. The first-order chi connectivity index (χ1) is 18.4. The van der Waals surface area contributed by atoms with E-state index < -0.39 is 27.0 Å². The number of aromatic nitrogens is 2. The number of sulfonamides is 1. The van der Waals surface area contributed by atoms with Gasteiger partial charge in [0.15, 0.2) is 0 Å². The molecule has 3 heterocycles. The van der Waals surface area contributed by atoms with Crippen molar-refractivity contribution in [1.29, 1.82) is 0 Å². The van der Waals surface area contributed by atoms with Gasteiger partial charge in [-0.25, -0.2) is 22.9 Å². The molecular formula is C28H34FN5O4S. The van der Waals surface area contributed by atoms with Crippen molar-refractivity contribution in [3.63, 3.8) is 0 Å². The number of likely N-dealkylation sites (N-methyl/N-ethyl adjacent to an activating group) is 1. The molecule has 2 aliphatic rings. The molecule has 2 aromatic heterocycles. The van der Waals surface area contributed by atoms with E-state index in [1.807, 2.05) is 13.8 Å². The quantitative estimate of drug-likeness (QED) is 0.386. The number of halogens is 1. The number of fused-ring (bicyclic) bond motifs is 4. The molecule has 9 nitrogen and oxygen atoms in total. The van der Waals surface area contributed by atoms with Gasteiger partial charge in [-0.3, -0.25) is 9.78 Å². The summed E-state index contributed by atoms with van der Waals surface area (Å²) in [6, 6.07) is 4.88. The molecule has 0 bridgehead atoms. The second-order valence-electron chi connectivity index (χ2n) is 10.9. The SMILES string of the molecule is CCC1CC2(C1)C(=O)N(C)c1cnc3cc(F)c(-c4cnc(OCCNC(C)C)c(CS(N)(=O)=O)c4)cc3c12. The smallest absolute Gasteiger partial charge is 0.237 e. The number of primary sulfonamides is 1. The molecule has 39 heavy (non-hydrogen) atoms. The topological polar surface area (TPSA) is 128 Å². The summed E-state index contributed by atoms with van der Waals surface area (Å²) in [7, 11) is -2.15. The van der Waals surface area contributed by atoms with Gasteiger partial charge < -0.3 is 15.0 Å². The summed E-state index contributed by atoms with van der Waals surface area (Å²) in [5.41, 5.74) is 2.33. The van der Waals surface area contributed by atoms with Crippen LogP contribution < -0.4 is 20.1 Å². The molecule has 1 aliphatic heterocycles. The van der Waals surface area contributed by atoms with Crippen LogP contribution in [0, 0.1) is 11.7 Å². The Bertz CT molecular complexity index is 1550. The Morgan fingerprint density at radius 2 is 1.97 bits per heavy atom. The van der Waals surface area contributed by atoms with Crippen LogP contribution in [-0.2, 0) is 26.0 Å². The second kappa shape index (κ2) is 10.1. The van der Waals surface area contributed by atoms with E-state index in [4.69, 9.17) is 9.88 Å². The van der Waals surface area contributed by atoms with Gasteiger partial charge in [0.25, 0.3) is 0 Å². The third-order valence-electron chi connectivity index (χ3n) is 7.83. The van der Waals surface area contributed by atoms with Crippen LogP contribution in [0.15, 0.2) is 30.6 Å². The number of carbonyl (C=O) groups is 1. The zero-order valence-corrected chi connectivity index (χ0v) is 23.4. The summed E-state index contributed by atoms with van der Waals surface area (Å²) in [6.45, 7) is 6.95. The van der Waals surface area contributed by atoms with Gasteiger partial charge >= 0.3 is 0 Å². The normalized spacial score (nSPS) is 20.6. The molecular weight excluding hydrogens is 521 g/mol. The molecule has 1 aliphatic carbocycles.